The van der Waals surface area contributed by atoms with Crippen LogP contribution in [-0.2, 0) is 11.3 Å². The van der Waals surface area contributed by atoms with E-state index < -0.39 is 0 Å². The van der Waals surface area contributed by atoms with E-state index in [9.17, 15) is 4.79 Å². The van der Waals surface area contributed by atoms with Crippen LogP contribution in [-0.4, -0.2) is 37.1 Å². The number of aliphatic imine (C=N–C) groups is 1. The van der Waals surface area contributed by atoms with Crippen LogP contribution < -0.4 is 0 Å². The van der Waals surface area contributed by atoms with Gasteiger partial charge in [-0.25, -0.2) is 9.98 Å². The monoisotopic (exact) mass is 388 g/mol. The summed E-state index contributed by atoms with van der Waals surface area (Å²) in [6.45, 7) is 3.43. The normalized spacial score (nSPS) is 23.5. The van der Waals surface area contributed by atoms with Gasteiger partial charge >= 0.3 is 0 Å². The van der Waals surface area contributed by atoms with Crippen LogP contribution in [0.2, 0.25) is 0 Å². The highest BCUT2D eigenvalue weighted by Gasteiger charge is 2.43. The minimum atomic E-state index is -0.157. The number of amides is 1. The van der Waals surface area contributed by atoms with Crippen LogP contribution in [0.4, 0.5) is 0 Å². The maximum absolute atomic E-state index is 13.2. The van der Waals surface area contributed by atoms with Crippen LogP contribution in [0.15, 0.2) is 28.0 Å². The van der Waals surface area contributed by atoms with E-state index in [-0.39, 0.29) is 11.8 Å². The Morgan fingerprint density at radius 3 is 2.81 bits per heavy atom. The van der Waals surface area contributed by atoms with E-state index in [1.807, 2.05) is 19.4 Å². The Kier molecular flexibility index (Phi) is 5.27. The van der Waals surface area contributed by atoms with Crippen molar-refractivity contribution in [3.63, 3.8) is 0 Å². The molecule has 26 heavy (non-hydrogen) atoms. The summed E-state index contributed by atoms with van der Waals surface area (Å²) < 4.78 is 2.06. The van der Waals surface area contributed by atoms with Crippen LogP contribution >= 0.6 is 24.0 Å². The van der Waals surface area contributed by atoms with Crippen LogP contribution in [0.3, 0.4) is 0 Å². The number of nitrogens with zero attached hydrogens (tertiary/aromatic N) is 4. The van der Waals surface area contributed by atoms with Gasteiger partial charge in [-0.2, -0.15) is 0 Å². The van der Waals surface area contributed by atoms with Gasteiger partial charge in [0.25, 0.3) is 0 Å². The second kappa shape index (κ2) is 7.64. The van der Waals surface area contributed by atoms with Crippen molar-refractivity contribution in [2.75, 3.05) is 6.54 Å². The molecule has 1 atom stereocenters. The van der Waals surface area contributed by atoms with Crippen molar-refractivity contribution in [1.29, 1.82) is 0 Å². The smallest absolute Gasteiger partial charge is 0.242 e. The molecule has 0 radical (unpaired) electrons. The average Bonchev–Trinajstić information content (AvgIpc) is 3.14. The number of hydrogen-bond acceptors (Lipinski definition) is 4. The number of aryl methyl sites for hydroxylation is 2. The second-order valence-electron chi connectivity index (χ2n) is 7.23. The lowest BCUT2D eigenvalue weighted by Gasteiger charge is -2.29. The summed E-state index contributed by atoms with van der Waals surface area (Å²) in [6, 6.07) is 0. The molecule has 7 heteroatoms. The molecule has 2 aliphatic heterocycles. The quantitative estimate of drug-likeness (QED) is 0.730. The van der Waals surface area contributed by atoms with Crippen LogP contribution in [0.1, 0.15) is 50.6 Å². The fraction of sp³-hybridized carbons (Fsp3) is 0.579. The summed E-state index contributed by atoms with van der Waals surface area (Å²) in [5.74, 6) is -0.0184. The zero-order valence-electron chi connectivity index (χ0n) is 15.1. The number of imidazole rings is 1. The summed E-state index contributed by atoms with van der Waals surface area (Å²) in [7, 11) is 0. The first-order chi connectivity index (χ1) is 12.6. The number of allylic oxidation sites excluding steroid dienone is 1. The summed E-state index contributed by atoms with van der Waals surface area (Å²) in [4.78, 5) is 25.2. The van der Waals surface area contributed by atoms with Crippen molar-refractivity contribution in [3.05, 3.63) is 28.7 Å². The van der Waals surface area contributed by atoms with Crippen molar-refractivity contribution in [2.24, 2.45) is 10.9 Å². The zero-order valence-corrected chi connectivity index (χ0v) is 16.7. The van der Waals surface area contributed by atoms with Gasteiger partial charge in [-0.3, -0.25) is 9.69 Å². The molecular formula is C19H24N4OS2. The zero-order chi connectivity index (χ0) is 18.1. The van der Waals surface area contributed by atoms with E-state index in [1.54, 1.807) is 16.7 Å². The predicted octanol–water partition coefficient (Wildman–Crippen LogP) is 4.08. The number of rotatable bonds is 4. The van der Waals surface area contributed by atoms with E-state index in [2.05, 4.69) is 14.5 Å². The van der Waals surface area contributed by atoms with Crippen molar-refractivity contribution in [3.8, 4) is 0 Å². The highest BCUT2D eigenvalue weighted by Crippen LogP contribution is 2.46. The standard InChI is InChI=1S/C19H24N4OS2/c1-13-11-22(12-20-13)9-6-10-23-18(24)16-14-7-4-2-3-5-8-15(14)26-17(16)21-19(23)25/h11-12,16H,2-10H2,1H3. The number of hydrogen-bond donors (Lipinski definition) is 0. The Hall–Kier alpha value is -1.47. The van der Waals surface area contributed by atoms with Gasteiger partial charge < -0.3 is 4.57 Å². The van der Waals surface area contributed by atoms with Crippen molar-refractivity contribution < 1.29 is 4.79 Å². The van der Waals surface area contributed by atoms with Crippen LogP contribution in [0.5, 0.6) is 0 Å². The molecule has 3 heterocycles. The molecule has 1 aliphatic carbocycles. The Morgan fingerprint density at radius 2 is 2.04 bits per heavy atom. The van der Waals surface area contributed by atoms with Gasteiger partial charge in [-0.05, 0) is 61.7 Å². The molecule has 138 valence electrons. The van der Waals surface area contributed by atoms with Gasteiger partial charge in [-0.15, -0.1) is 0 Å². The maximum atomic E-state index is 13.2. The number of carbonyl (C=O) groups is 1. The number of carbonyl (C=O) groups excluding carboxylic acids is 1. The maximum Gasteiger partial charge on any atom is 0.242 e. The third-order valence-electron chi connectivity index (χ3n) is 5.29. The van der Waals surface area contributed by atoms with Crippen LogP contribution in [0.25, 0.3) is 0 Å². The number of fused-ring (bicyclic) bond motifs is 2. The molecule has 1 amide bonds. The summed E-state index contributed by atoms with van der Waals surface area (Å²) in [5.41, 5.74) is 2.34. The first-order valence-corrected chi connectivity index (χ1v) is 10.7. The third-order valence-corrected chi connectivity index (χ3v) is 6.85. The number of thioether (sulfide) groups is 1. The number of aromatic nitrogens is 2. The van der Waals surface area contributed by atoms with Gasteiger partial charge in [0.2, 0.25) is 11.0 Å². The molecule has 0 fully saturated rings. The van der Waals surface area contributed by atoms with Gasteiger partial charge in [0, 0.05) is 19.3 Å². The molecule has 0 saturated carbocycles. The Morgan fingerprint density at radius 1 is 1.23 bits per heavy atom. The van der Waals surface area contributed by atoms with Crippen LogP contribution in [0, 0.1) is 12.8 Å². The SMILES string of the molecule is Cc1cn(CCCN2C(=O)C3C(=NC2=S)SC2=C3CCCCCC2)cn1. The molecule has 0 bridgehead atoms. The minimum absolute atomic E-state index is 0.139. The highest BCUT2D eigenvalue weighted by molar-refractivity contribution is 8.17. The highest BCUT2D eigenvalue weighted by atomic mass is 32.2. The third kappa shape index (κ3) is 3.51. The van der Waals surface area contributed by atoms with E-state index >= 15 is 0 Å². The molecule has 0 aromatic carbocycles. The molecule has 1 unspecified atom stereocenters. The van der Waals surface area contributed by atoms with Crippen molar-refractivity contribution in [2.45, 2.75) is 58.4 Å². The Labute approximate surface area is 164 Å². The van der Waals surface area contributed by atoms with Gasteiger partial charge in [0.05, 0.1) is 17.1 Å². The van der Waals surface area contributed by atoms with E-state index in [0.29, 0.717) is 11.7 Å². The lowest BCUT2D eigenvalue weighted by atomic mass is 9.89. The molecule has 3 aliphatic rings. The minimum Gasteiger partial charge on any atom is -0.337 e. The molecular weight excluding hydrogens is 364 g/mol. The topological polar surface area (TPSA) is 50.5 Å². The predicted molar refractivity (Wildman–Crippen MR) is 109 cm³/mol. The lowest BCUT2D eigenvalue weighted by molar-refractivity contribution is -0.128. The first-order valence-electron chi connectivity index (χ1n) is 9.45. The van der Waals surface area contributed by atoms with E-state index in [4.69, 9.17) is 12.2 Å². The van der Waals surface area contributed by atoms with E-state index in [1.165, 1.54) is 36.2 Å². The van der Waals surface area contributed by atoms with Gasteiger partial charge in [-0.1, -0.05) is 24.6 Å². The Bertz CT molecular complexity index is 795. The molecule has 1 aromatic rings. The average molecular weight is 389 g/mol. The van der Waals surface area contributed by atoms with E-state index in [0.717, 1.165) is 36.5 Å². The first kappa shape index (κ1) is 17.9. The fourth-order valence-electron chi connectivity index (χ4n) is 3.97. The molecule has 0 spiro atoms. The molecule has 5 nitrogen and oxygen atoms in total. The number of thiocarbonyl (C=S) groups is 1. The van der Waals surface area contributed by atoms with Crippen molar-refractivity contribution in [1.82, 2.24) is 14.5 Å². The summed E-state index contributed by atoms with van der Waals surface area (Å²) in [6.07, 6.45) is 11.8. The second-order valence-corrected chi connectivity index (χ2v) is 8.71. The Balaban J connectivity index is 1.47. The van der Waals surface area contributed by atoms with Crippen molar-refractivity contribution >= 4 is 40.0 Å². The molecule has 4 rings (SSSR count). The molecule has 1 aromatic heterocycles. The summed E-state index contributed by atoms with van der Waals surface area (Å²) in [5, 5.41) is 1.36. The molecule has 0 saturated heterocycles. The largest absolute Gasteiger partial charge is 0.337 e. The fourth-order valence-corrected chi connectivity index (χ4v) is 5.65. The van der Waals surface area contributed by atoms with Gasteiger partial charge in [0.1, 0.15) is 5.92 Å². The molecule has 0 N–H and O–H groups in total. The van der Waals surface area contributed by atoms with Gasteiger partial charge in [0.15, 0.2) is 0 Å². The summed E-state index contributed by atoms with van der Waals surface area (Å²) >= 11 is 7.16. The lowest BCUT2D eigenvalue weighted by Crippen LogP contribution is -2.46.